The van der Waals surface area contributed by atoms with Gasteiger partial charge in [-0.15, -0.1) is 0 Å². The lowest BCUT2D eigenvalue weighted by atomic mass is 10.1. The third-order valence-corrected chi connectivity index (χ3v) is 4.43. The largest absolute Gasteiger partial charge is 0.507 e. The lowest BCUT2D eigenvalue weighted by Crippen LogP contribution is -2.10. The Morgan fingerprint density at radius 2 is 1.86 bits per heavy atom. The first-order valence-electron chi connectivity index (χ1n) is 8.87. The Morgan fingerprint density at radius 1 is 1.14 bits per heavy atom. The molecule has 0 spiro atoms. The third-order valence-electron chi connectivity index (χ3n) is 4.43. The van der Waals surface area contributed by atoms with E-state index in [9.17, 15) is 15.2 Å². The first-order chi connectivity index (χ1) is 14.1. The number of aromatic nitrogens is 3. The van der Waals surface area contributed by atoms with E-state index in [1.165, 1.54) is 0 Å². The fourth-order valence-corrected chi connectivity index (χ4v) is 3.09. The normalized spacial score (nSPS) is 11.9. The molecule has 0 bridgehead atoms. The zero-order chi connectivity index (χ0) is 20.4. The molecule has 4 aromatic rings. The fourth-order valence-electron chi connectivity index (χ4n) is 3.09. The number of pyridine rings is 1. The van der Waals surface area contributed by atoms with Crippen LogP contribution in [-0.2, 0) is 4.74 Å². The average molecular weight is 384 g/mol. The maximum Gasteiger partial charge on any atom is 0.339 e. The molecule has 7 heteroatoms. The SMILES string of the molecule is Cc1cc(C(=O)OC/C(O)=C(/C#N)c2nc3ccccc3[nH]2)c2ccccc2n1. The Balaban J connectivity index is 1.60. The topological polar surface area (TPSA) is 112 Å². The number of nitrogens with zero attached hydrogens (tertiary/aromatic N) is 3. The molecule has 0 atom stereocenters. The number of imidazole rings is 1. The van der Waals surface area contributed by atoms with Gasteiger partial charge in [-0.3, -0.25) is 4.98 Å². The second-order valence-corrected chi connectivity index (χ2v) is 6.44. The fraction of sp³-hybridized carbons (Fsp3) is 0.0909. The van der Waals surface area contributed by atoms with Crippen molar-refractivity contribution in [2.75, 3.05) is 6.61 Å². The number of rotatable bonds is 4. The molecule has 142 valence electrons. The van der Waals surface area contributed by atoms with Gasteiger partial charge in [0.15, 0.2) is 11.6 Å². The standard InChI is InChI=1S/C22H16N4O3/c1-13-10-15(14-6-2-3-7-17(14)24-13)22(28)29-12-20(27)16(11-23)21-25-18-8-4-5-9-19(18)26-21/h2-10,27H,12H2,1H3,(H,25,26)/b20-16+. The number of aryl methyl sites for hydroxylation is 1. The van der Waals surface area contributed by atoms with Crippen molar-refractivity contribution in [2.24, 2.45) is 0 Å². The molecule has 2 N–H and O–H groups in total. The van der Waals surface area contributed by atoms with E-state index in [-0.39, 0.29) is 17.2 Å². The summed E-state index contributed by atoms with van der Waals surface area (Å²) in [4.78, 5) is 24.3. The summed E-state index contributed by atoms with van der Waals surface area (Å²) in [7, 11) is 0. The van der Waals surface area contributed by atoms with E-state index in [2.05, 4.69) is 15.0 Å². The van der Waals surface area contributed by atoms with Crippen molar-refractivity contribution in [3.05, 3.63) is 77.4 Å². The summed E-state index contributed by atoms with van der Waals surface area (Å²) < 4.78 is 5.26. The second kappa shape index (κ2) is 7.44. The molecule has 4 rings (SSSR count). The van der Waals surface area contributed by atoms with Gasteiger partial charge in [0, 0.05) is 11.1 Å². The first kappa shape index (κ1) is 18.2. The Bertz CT molecular complexity index is 1280. The summed E-state index contributed by atoms with van der Waals surface area (Å²) in [5.41, 5.74) is 3.03. The van der Waals surface area contributed by atoms with Crippen LogP contribution in [0.2, 0.25) is 0 Å². The molecule has 7 nitrogen and oxygen atoms in total. The van der Waals surface area contributed by atoms with E-state index in [1.54, 1.807) is 25.1 Å². The number of hydrogen-bond donors (Lipinski definition) is 2. The number of aromatic amines is 1. The van der Waals surface area contributed by atoms with Gasteiger partial charge in [-0.05, 0) is 31.2 Å². The van der Waals surface area contributed by atoms with E-state index in [0.717, 1.165) is 5.52 Å². The smallest absolute Gasteiger partial charge is 0.339 e. The minimum absolute atomic E-state index is 0.0789. The van der Waals surface area contributed by atoms with Gasteiger partial charge in [-0.1, -0.05) is 30.3 Å². The van der Waals surface area contributed by atoms with Gasteiger partial charge in [0.2, 0.25) is 0 Å². The number of hydrogen-bond acceptors (Lipinski definition) is 6. The predicted octanol–water partition coefficient (Wildman–Crippen LogP) is 4.07. The van der Waals surface area contributed by atoms with Gasteiger partial charge >= 0.3 is 5.97 Å². The number of benzene rings is 2. The summed E-state index contributed by atoms with van der Waals surface area (Å²) in [5, 5.41) is 20.5. The molecular formula is C22H16N4O3. The lowest BCUT2D eigenvalue weighted by Gasteiger charge is -2.09. The number of carbonyl (C=O) groups excluding carboxylic acids is 1. The molecule has 2 heterocycles. The Labute approximate surface area is 165 Å². The Hall–Kier alpha value is -4.18. The van der Waals surface area contributed by atoms with Crippen LogP contribution in [0.1, 0.15) is 21.9 Å². The van der Waals surface area contributed by atoms with Gasteiger partial charge < -0.3 is 14.8 Å². The van der Waals surface area contributed by atoms with Crippen molar-refractivity contribution in [1.29, 1.82) is 5.26 Å². The minimum atomic E-state index is -0.611. The molecule has 0 radical (unpaired) electrons. The molecule has 0 saturated carbocycles. The first-order valence-corrected chi connectivity index (χ1v) is 8.87. The molecule has 29 heavy (non-hydrogen) atoms. The maximum absolute atomic E-state index is 12.6. The summed E-state index contributed by atoms with van der Waals surface area (Å²) in [5.74, 6) is -0.775. The summed E-state index contributed by atoms with van der Waals surface area (Å²) in [6, 6.07) is 18.1. The van der Waals surface area contributed by atoms with Crippen molar-refractivity contribution >= 4 is 33.5 Å². The van der Waals surface area contributed by atoms with E-state index in [4.69, 9.17) is 4.74 Å². The van der Waals surface area contributed by atoms with Crippen LogP contribution in [0.4, 0.5) is 0 Å². The molecule has 2 aromatic heterocycles. The van der Waals surface area contributed by atoms with E-state index in [1.807, 2.05) is 42.5 Å². The van der Waals surface area contributed by atoms with Crippen LogP contribution in [0.15, 0.2) is 60.4 Å². The molecule has 0 saturated heterocycles. The number of aliphatic hydroxyl groups excluding tert-OH is 1. The Morgan fingerprint density at radius 3 is 2.62 bits per heavy atom. The second-order valence-electron chi connectivity index (χ2n) is 6.44. The van der Waals surface area contributed by atoms with Gasteiger partial charge in [0.1, 0.15) is 18.2 Å². The van der Waals surface area contributed by atoms with Gasteiger partial charge in [-0.25, -0.2) is 9.78 Å². The van der Waals surface area contributed by atoms with Crippen molar-refractivity contribution in [2.45, 2.75) is 6.92 Å². The van der Waals surface area contributed by atoms with Crippen molar-refractivity contribution in [1.82, 2.24) is 15.0 Å². The van der Waals surface area contributed by atoms with Crippen molar-refractivity contribution < 1.29 is 14.6 Å². The number of nitrogens with one attached hydrogen (secondary N) is 1. The molecule has 2 aromatic carbocycles. The van der Waals surface area contributed by atoms with Crippen molar-refractivity contribution in [3.8, 4) is 6.07 Å². The number of nitriles is 1. The quantitative estimate of drug-likeness (QED) is 0.312. The molecule has 0 aliphatic carbocycles. The number of esters is 1. The monoisotopic (exact) mass is 384 g/mol. The number of ether oxygens (including phenoxy) is 1. The minimum Gasteiger partial charge on any atom is -0.507 e. The van der Waals surface area contributed by atoms with E-state index >= 15 is 0 Å². The molecule has 0 aliphatic heterocycles. The highest BCUT2D eigenvalue weighted by Gasteiger charge is 2.17. The highest BCUT2D eigenvalue weighted by molar-refractivity contribution is 6.03. The lowest BCUT2D eigenvalue weighted by molar-refractivity contribution is 0.0505. The number of carbonyl (C=O) groups is 1. The number of aliphatic hydroxyl groups is 1. The average Bonchev–Trinajstić information content (AvgIpc) is 3.15. The van der Waals surface area contributed by atoms with Crippen LogP contribution >= 0.6 is 0 Å². The highest BCUT2D eigenvalue weighted by Crippen LogP contribution is 2.21. The van der Waals surface area contributed by atoms with Gasteiger partial charge in [0.25, 0.3) is 0 Å². The van der Waals surface area contributed by atoms with Crippen LogP contribution < -0.4 is 0 Å². The highest BCUT2D eigenvalue weighted by atomic mass is 16.5. The molecule has 0 fully saturated rings. The summed E-state index contributed by atoms with van der Waals surface area (Å²) >= 11 is 0. The van der Waals surface area contributed by atoms with Gasteiger partial charge in [-0.2, -0.15) is 5.26 Å². The van der Waals surface area contributed by atoms with Crippen LogP contribution in [0.3, 0.4) is 0 Å². The number of allylic oxidation sites excluding steroid dienone is 1. The summed E-state index contributed by atoms with van der Waals surface area (Å²) in [6.45, 7) is 1.34. The van der Waals surface area contributed by atoms with E-state index in [0.29, 0.717) is 27.7 Å². The molecule has 0 aliphatic rings. The predicted molar refractivity (Wildman–Crippen MR) is 108 cm³/mol. The van der Waals surface area contributed by atoms with Crippen LogP contribution in [0, 0.1) is 18.3 Å². The summed E-state index contributed by atoms with van der Waals surface area (Å²) in [6.07, 6.45) is 0. The number of H-pyrrole nitrogens is 1. The van der Waals surface area contributed by atoms with Crippen molar-refractivity contribution in [3.63, 3.8) is 0 Å². The molecule has 0 unspecified atom stereocenters. The third kappa shape index (κ3) is 3.51. The van der Waals surface area contributed by atoms with Crippen LogP contribution in [0.25, 0.3) is 27.5 Å². The van der Waals surface area contributed by atoms with Crippen LogP contribution in [-0.4, -0.2) is 32.6 Å². The Kier molecular flexibility index (Phi) is 4.67. The maximum atomic E-state index is 12.6. The molecule has 0 amide bonds. The van der Waals surface area contributed by atoms with E-state index < -0.39 is 12.6 Å². The zero-order valence-electron chi connectivity index (χ0n) is 15.5. The van der Waals surface area contributed by atoms with Gasteiger partial charge in [0.05, 0.1) is 22.1 Å². The number of fused-ring (bicyclic) bond motifs is 2. The number of para-hydroxylation sites is 3. The molecular weight excluding hydrogens is 368 g/mol. The zero-order valence-corrected chi connectivity index (χ0v) is 15.5. The van der Waals surface area contributed by atoms with Crippen LogP contribution in [0.5, 0.6) is 0 Å².